The zero-order valence-electron chi connectivity index (χ0n) is 9.68. The average molecular weight is 395 g/mol. The number of benzene rings is 1. The first-order valence-corrected chi connectivity index (χ1v) is 8.18. The number of Topliss-reactive ketones (excluding diaryl/α,β-unsaturated/α-hetero) is 1. The normalized spacial score (nSPS) is 15.8. The van der Waals surface area contributed by atoms with E-state index in [1.807, 2.05) is 0 Å². The van der Waals surface area contributed by atoms with E-state index >= 15 is 0 Å². The summed E-state index contributed by atoms with van der Waals surface area (Å²) >= 11 is 14.5. The highest BCUT2D eigenvalue weighted by Crippen LogP contribution is 2.22. The van der Waals surface area contributed by atoms with Gasteiger partial charge < -0.3 is 0 Å². The number of allylic oxidation sites excluding steroid dienone is 4. The Balaban J connectivity index is 2.44. The van der Waals surface area contributed by atoms with Crippen LogP contribution in [0, 0.1) is 0 Å². The number of hydrogen-bond donors (Lipinski definition) is 0. The molecule has 1 aliphatic rings. The molecular weight excluding hydrogens is 389 g/mol. The quantitative estimate of drug-likeness (QED) is 0.722. The van der Waals surface area contributed by atoms with Crippen LogP contribution < -0.4 is 0 Å². The molecule has 0 N–H and O–H groups in total. The summed E-state index contributed by atoms with van der Waals surface area (Å²) in [5, 5.41) is -0.357. The molecule has 104 valence electrons. The summed E-state index contributed by atoms with van der Waals surface area (Å²) in [5.74, 6) is -0.562. The van der Waals surface area contributed by atoms with Gasteiger partial charge in [-0.1, -0.05) is 39.1 Å². The molecular formula is C12H6BrCl2NO3S. The maximum Gasteiger partial charge on any atom is 0.282 e. The molecule has 0 saturated heterocycles. The van der Waals surface area contributed by atoms with Crippen molar-refractivity contribution in [1.29, 1.82) is 0 Å². The molecule has 0 bridgehead atoms. The predicted octanol–water partition coefficient (Wildman–Crippen LogP) is 3.41. The third kappa shape index (κ3) is 3.38. The van der Waals surface area contributed by atoms with Crippen molar-refractivity contribution < 1.29 is 13.2 Å². The van der Waals surface area contributed by atoms with Crippen LogP contribution >= 0.6 is 39.1 Å². The van der Waals surface area contributed by atoms with Gasteiger partial charge in [0.2, 0.25) is 5.78 Å². The largest absolute Gasteiger partial charge is 0.287 e. The van der Waals surface area contributed by atoms with Crippen molar-refractivity contribution in [3.8, 4) is 0 Å². The lowest BCUT2D eigenvalue weighted by molar-refractivity contribution is -0.111. The molecule has 2 rings (SSSR count). The standard InChI is InChI=1S/C12H6BrCl2NO3S/c13-7-1-3-9(4-2-7)20(18,19)16-8-5-10(14)12(17)11(15)6-8/h1-6H. The highest BCUT2D eigenvalue weighted by atomic mass is 79.9. The van der Waals surface area contributed by atoms with Crippen LogP contribution in [0.5, 0.6) is 0 Å². The number of hydrogen-bond acceptors (Lipinski definition) is 3. The van der Waals surface area contributed by atoms with Gasteiger partial charge in [0.25, 0.3) is 10.0 Å². The molecule has 0 amide bonds. The summed E-state index contributed by atoms with van der Waals surface area (Å²) in [6.45, 7) is 0. The highest BCUT2D eigenvalue weighted by molar-refractivity contribution is 9.10. The van der Waals surface area contributed by atoms with Crippen LogP contribution in [-0.4, -0.2) is 19.9 Å². The summed E-state index contributed by atoms with van der Waals surface area (Å²) in [6.07, 6.45) is 2.32. The maximum absolute atomic E-state index is 12.1. The van der Waals surface area contributed by atoms with E-state index in [9.17, 15) is 13.2 Å². The lowest BCUT2D eigenvalue weighted by Crippen LogP contribution is -2.10. The Morgan fingerprint density at radius 1 is 1.00 bits per heavy atom. The lowest BCUT2D eigenvalue weighted by Gasteiger charge is -2.06. The second-order valence-corrected chi connectivity index (χ2v) is 7.09. The first kappa shape index (κ1) is 15.4. The first-order valence-electron chi connectivity index (χ1n) is 5.19. The van der Waals surface area contributed by atoms with Crippen molar-refractivity contribution in [2.75, 3.05) is 0 Å². The Bertz CT molecular complexity index is 740. The lowest BCUT2D eigenvalue weighted by atomic mass is 10.1. The fraction of sp³-hybridized carbons (Fsp3) is 0. The van der Waals surface area contributed by atoms with Crippen LogP contribution in [0.1, 0.15) is 0 Å². The zero-order valence-corrected chi connectivity index (χ0v) is 13.6. The van der Waals surface area contributed by atoms with Crippen LogP contribution in [0.2, 0.25) is 0 Å². The monoisotopic (exact) mass is 393 g/mol. The van der Waals surface area contributed by atoms with Gasteiger partial charge >= 0.3 is 0 Å². The molecule has 0 radical (unpaired) electrons. The molecule has 0 heterocycles. The molecule has 1 aromatic rings. The molecule has 0 aliphatic heterocycles. The minimum atomic E-state index is -3.89. The molecule has 1 aromatic carbocycles. The topological polar surface area (TPSA) is 63.6 Å². The van der Waals surface area contributed by atoms with Crippen molar-refractivity contribution in [3.63, 3.8) is 0 Å². The van der Waals surface area contributed by atoms with Crippen LogP contribution in [0.15, 0.2) is 60.2 Å². The van der Waals surface area contributed by atoms with E-state index in [1.54, 1.807) is 12.1 Å². The third-order valence-corrected chi connectivity index (χ3v) is 4.73. The summed E-state index contributed by atoms with van der Waals surface area (Å²) in [4.78, 5) is 11.4. The number of rotatable bonds is 2. The van der Waals surface area contributed by atoms with Gasteiger partial charge in [-0.05, 0) is 36.4 Å². The first-order chi connectivity index (χ1) is 9.29. The number of halogens is 3. The number of ketones is 1. The number of carbonyl (C=O) groups excluding carboxylic acids is 1. The van der Waals surface area contributed by atoms with Crippen molar-refractivity contribution in [3.05, 3.63) is 51.0 Å². The van der Waals surface area contributed by atoms with Gasteiger partial charge in [-0.3, -0.25) is 4.79 Å². The van der Waals surface area contributed by atoms with E-state index in [1.165, 1.54) is 12.1 Å². The fourth-order valence-corrected chi connectivity index (χ4v) is 3.11. The minimum Gasteiger partial charge on any atom is -0.287 e. The Morgan fingerprint density at radius 3 is 2.00 bits per heavy atom. The van der Waals surface area contributed by atoms with E-state index in [0.717, 1.165) is 16.6 Å². The molecule has 0 fully saturated rings. The smallest absolute Gasteiger partial charge is 0.282 e. The Kier molecular flexibility index (Phi) is 4.49. The van der Waals surface area contributed by atoms with Gasteiger partial charge in [-0.2, -0.15) is 12.8 Å². The zero-order chi connectivity index (χ0) is 14.9. The Hall–Kier alpha value is -0.950. The van der Waals surface area contributed by atoms with Gasteiger partial charge in [0, 0.05) is 4.47 Å². The van der Waals surface area contributed by atoms with Gasteiger partial charge in [0.15, 0.2) is 0 Å². The third-order valence-electron chi connectivity index (χ3n) is 2.32. The van der Waals surface area contributed by atoms with Gasteiger partial charge in [-0.25, -0.2) is 0 Å². The van der Waals surface area contributed by atoms with E-state index < -0.39 is 15.8 Å². The SMILES string of the molecule is O=C1C(Cl)=CC(=NS(=O)(=O)c2ccc(Br)cc2)C=C1Cl. The second-order valence-electron chi connectivity index (χ2n) is 3.76. The Morgan fingerprint density at radius 2 is 1.50 bits per heavy atom. The molecule has 20 heavy (non-hydrogen) atoms. The summed E-state index contributed by atoms with van der Waals surface area (Å²) in [7, 11) is -3.89. The number of nitrogens with zero attached hydrogens (tertiary/aromatic N) is 1. The highest BCUT2D eigenvalue weighted by Gasteiger charge is 2.20. The average Bonchev–Trinajstić information content (AvgIpc) is 2.36. The van der Waals surface area contributed by atoms with Crippen LogP contribution in [-0.2, 0) is 14.8 Å². The summed E-state index contributed by atoms with van der Waals surface area (Å²) in [5.41, 5.74) is 0.00233. The molecule has 1 aliphatic carbocycles. The van der Waals surface area contributed by atoms with E-state index in [2.05, 4.69) is 20.3 Å². The van der Waals surface area contributed by atoms with Crippen molar-refractivity contribution in [2.24, 2.45) is 4.40 Å². The molecule has 8 heteroatoms. The molecule has 4 nitrogen and oxygen atoms in total. The molecule has 0 saturated carbocycles. The van der Waals surface area contributed by atoms with Crippen LogP contribution in [0.25, 0.3) is 0 Å². The Labute approximate surface area is 134 Å². The van der Waals surface area contributed by atoms with Crippen molar-refractivity contribution in [2.45, 2.75) is 4.90 Å². The predicted molar refractivity (Wildman–Crippen MR) is 81.6 cm³/mol. The van der Waals surface area contributed by atoms with E-state index in [0.29, 0.717) is 0 Å². The van der Waals surface area contributed by atoms with Crippen LogP contribution in [0.4, 0.5) is 0 Å². The number of sulfonamides is 1. The molecule has 0 unspecified atom stereocenters. The van der Waals surface area contributed by atoms with Crippen molar-refractivity contribution in [1.82, 2.24) is 0 Å². The molecule has 0 aromatic heterocycles. The van der Waals surface area contributed by atoms with E-state index in [4.69, 9.17) is 23.2 Å². The summed E-state index contributed by atoms with van der Waals surface area (Å²) in [6, 6.07) is 5.99. The minimum absolute atomic E-state index is 0.00233. The molecule has 0 atom stereocenters. The van der Waals surface area contributed by atoms with Crippen LogP contribution in [0.3, 0.4) is 0 Å². The van der Waals surface area contributed by atoms with Gasteiger partial charge in [0.05, 0.1) is 20.7 Å². The second kappa shape index (κ2) is 5.81. The fourth-order valence-electron chi connectivity index (χ4n) is 1.40. The summed E-state index contributed by atoms with van der Waals surface area (Å²) < 4.78 is 28.5. The van der Waals surface area contributed by atoms with E-state index in [-0.39, 0.29) is 20.7 Å². The maximum atomic E-state index is 12.1. The van der Waals surface area contributed by atoms with Crippen molar-refractivity contribution >= 4 is 60.7 Å². The van der Waals surface area contributed by atoms with Gasteiger partial charge in [-0.15, -0.1) is 0 Å². The molecule has 0 spiro atoms. The van der Waals surface area contributed by atoms with Gasteiger partial charge in [0.1, 0.15) is 0 Å². The number of carbonyl (C=O) groups is 1.